The van der Waals surface area contributed by atoms with Crippen molar-refractivity contribution in [3.05, 3.63) is 59.2 Å². The highest BCUT2D eigenvalue weighted by Gasteiger charge is 2.29. The average Bonchev–Trinajstić information content (AvgIpc) is 3.06. The molecule has 0 aliphatic carbocycles. The fraction of sp³-hybridized carbons (Fsp3) is 0.222. The second kappa shape index (κ2) is 6.88. The van der Waals surface area contributed by atoms with Crippen molar-refractivity contribution in [3.8, 4) is 11.5 Å². The van der Waals surface area contributed by atoms with E-state index in [0.29, 0.717) is 17.1 Å². The zero-order chi connectivity index (χ0) is 18.0. The van der Waals surface area contributed by atoms with Gasteiger partial charge in [0.25, 0.3) is 0 Å². The van der Waals surface area contributed by atoms with E-state index in [0.717, 1.165) is 18.2 Å². The molecule has 1 atom stereocenters. The molecule has 130 valence electrons. The van der Waals surface area contributed by atoms with Gasteiger partial charge in [0.15, 0.2) is 17.3 Å². The van der Waals surface area contributed by atoms with Crippen LogP contribution in [-0.4, -0.2) is 25.7 Å². The van der Waals surface area contributed by atoms with Crippen molar-refractivity contribution in [1.82, 2.24) is 0 Å². The van der Waals surface area contributed by atoms with Gasteiger partial charge in [-0.1, -0.05) is 12.1 Å². The number of ether oxygens (including phenoxy) is 3. The first-order chi connectivity index (χ1) is 12.0. The Morgan fingerprint density at radius 2 is 1.80 bits per heavy atom. The summed E-state index contributed by atoms with van der Waals surface area (Å²) in [4.78, 5) is 24.5. The van der Waals surface area contributed by atoms with Gasteiger partial charge in [-0.3, -0.25) is 9.59 Å². The lowest BCUT2D eigenvalue weighted by Crippen LogP contribution is -2.19. The molecule has 7 heteroatoms. The van der Waals surface area contributed by atoms with Gasteiger partial charge in [0, 0.05) is 6.42 Å². The summed E-state index contributed by atoms with van der Waals surface area (Å²) < 4.78 is 42.8. The monoisotopic (exact) mass is 348 g/mol. The Morgan fingerprint density at radius 1 is 1.12 bits per heavy atom. The number of carbonyl (C=O) groups is 2. The number of rotatable bonds is 5. The summed E-state index contributed by atoms with van der Waals surface area (Å²) in [6, 6.07) is 7.88. The van der Waals surface area contributed by atoms with Crippen LogP contribution in [0.25, 0.3) is 0 Å². The van der Waals surface area contributed by atoms with Crippen LogP contribution >= 0.6 is 0 Å². The van der Waals surface area contributed by atoms with Gasteiger partial charge >= 0.3 is 5.97 Å². The molecule has 1 aliphatic rings. The van der Waals surface area contributed by atoms with E-state index in [-0.39, 0.29) is 6.79 Å². The quantitative estimate of drug-likeness (QED) is 0.613. The van der Waals surface area contributed by atoms with Gasteiger partial charge < -0.3 is 14.2 Å². The Labute approximate surface area is 142 Å². The molecule has 0 N–H and O–H groups in total. The molecule has 0 radical (unpaired) electrons. The Kier molecular flexibility index (Phi) is 4.65. The van der Waals surface area contributed by atoms with Crippen LogP contribution in [-0.2, 0) is 9.53 Å². The number of hydrogen-bond acceptors (Lipinski definition) is 5. The van der Waals surface area contributed by atoms with E-state index in [2.05, 4.69) is 0 Å². The molecule has 0 saturated carbocycles. The van der Waals surface area contributed by atoms with Crippen molar-refractivity contribution < 1.29 is 32.6 Å². The first-order valence-corrected chi connectivity index (χ1v) is 7.46. The van der Waals surface area contributed by atoms with Gasteiger partial charge in [-0.25, -0.2) is 8.78 Å². The lowest BCUT2D eigenvalue weighted by molar-refractivity contribution is -0.142. The number of methoxy groups -OCH3 is 1. The summed E-state index contributed by atoms with van der Waals surface area (Å²) in [5, 5.41) is 0. The highest BCUT2D eigenvalue weighted by molar-refractivity contribution is 5.99. The lowest BCUT2D eigenvalue weighted by atomic mass is 9.91. The largest absolute Gasteiger partial charge is 0.469 e. The minimum Gasteiger partial charge on any atom is -0.469 e. The fourth-order valence-corrected chi connectivity index (χ4v) is 2.66. The van der Waals surface area contributed by atoms with Gasteiger partial charge in [0.1, 0.15) is 11.6 Å². The Morgan fingerprint density at radius 3 is 2.48 bits per heavy atom. The van der Waals surface area contributed by atoms with E-state index in [1.807, 2.05) is 0 Å². The molecular weight excluding hydrogens is 334 g/mol. The molecule has 0 saturated heterocycles. The zero-order valence-electron chi connectivity index (χ0n) is 13.3. The van der Waals surface area contributed by atoms with Gasteiger partial charge in [0.05, 0.1) is 18.6 Å². The van der Waals surface area contributed by atoms with Crippen LogP contribution in [0.5, 0.6) is 11.5 Å². The van der Waals surface area contributed by atoms with Crippen molar-refractivity contribution in [2.75, 3.05) is 13.9 Å². The normalized spacial score (nSPS) is 13.4. The van der Waals surface area contributed by atoms with Crippen molar-refractivity contribution in [1.29, 1.82) is 0 Å². The predicted molar refractivity (Wildman–Crippen MR) is 82.6 cm³/mol. The molecule has 1 heterocycles. The van der Waals surface area contributed by atoms with Crippen LogP contribution in [0.3, 0.4) is 0 Å². The zero-order valence-corrected chi connectivity index (χ0v) is 13.3. The van der Waals surface area contributed by atoms with Crippen molar-refractivity contribution in [2.24, 2.45) is 0 Å². The number of benzene rings is 2. The Balaban J connectivity index is 1.92. The summed E-state index contributed by atoms with van der Waals surface area (Å²) in [5.74, 6) is -3.55. The number of esters is 1. The van der Waals surface area contributed by atoms with Crippen LogP contribution in [0.4, 0.5) is 8.78 Å². The maximum atomic E-state index is 13.8. The SMILES string of the molecule is COC(=O)C(CC(=O)c1c(F)cccc1F)c1ccc2c(c1)OCO2. The molecule has 25 heavy (non-hydrogen) atoms. The highest BCUT2D eigenvalue weighted by Crippen LogP contribution is 2.36. The lowest BCUT2D eigenvalue weighted by Gasteiger charge is -2.15. The molecule has 0 bridgehead atoms. The maximum Gasteiger partial charge on any atom is 0.313 e. The summed E-state index contributed by atoms with van der Waals surface area (Å²) >= 11 is 0. The number of fused-ring (bicyclic) bond motifs is 1. The number of halogens is 2. The number of carbonyl (C=O) groups excluding carboxylic acids is 2. The Hall–Kier alpha value is -2.96. The molecule has 0 fully saturated rings. The standard InChI is InChI=1S/C18H14F2O5/c1-23-18(22)11(10-5-6-15-16(7-10)25-9-24-15)8-14(21)17-12(19)3-2-4-13(17)20/h2-7,11H,8-9H2,1H3. The van der Waals surface area contributed by atoms with Crippen LogP contribution in [0.2, 0.25) is 0 Å². The molecular formula is C18H14F2O5. The van der Waals surface area contributed by atoms with Gasteiger partial charge in [-0.2, -0.15) is 0 Å². The minimum absolute atomic E-state index is 0.0566. The average molecular weight is 348 g/mol. The summed E-state index contributed by atoms with van der Waals surface area (Å²) in [5.41, 5.74) is -0.238. The summed E-state index contributed by atoms with van der Waals surface area (Å²) in [6.07, 6.45) is -0.440. The predicted octanol–water partition coefficient (Wildman–Crippen LogP) is 3.22. The first kappa shape index (κ1) is 16.9. The molecule has 0 spiro atoms. The topological polar surface area (TPSA) is 61.8 Å². The molecule has 3 rings (SSSR count). The third-order valence-electron chi connectivity index (χ3n) is 3.92. The molecule has 2 aromatic rings. The van der Waals surface area contributed by atoms with E-state index in [1.54, 1.807) is 18.2 Å². The second-order valence-corrected chi connectivity index (χ2v) is 5.41. The van der Waals surface area contributed by atoms with E-state index in [4.69, 9.17) is 14.2 Å². The number of hydrogen-bond donors (Lipinski definition) is 0. The van der Waals surface area contributed by atoms with Gasteiger partial charge in [-0.05, 0) is 29.8 Å². The third-order valence-corrected chi connectivity index (χ3v) is 3.92. The van der Waals surface area contributed by atoms with Crippen molar-refractivity contribution >= 4 is 11.8 Å². The second-order valence-electron chi connectivity index (χ2n) is 5.41. The number of ketones is 1. The fourth-order valence-electron chi connectivity index (χ4n) is 2.66. The van der Waals surface area contributed by atoms with Crippen LogP contribution in [0.1, 0.15) is 28.3 Å². The molecule has 5 nitrogen and oxygen atoms in total. The molecule has 0 amide bonds. The Bertz CT molecular complexity index is 814. The van der Waals surface area contributed by atoms with E-state index in [9.17, 15) is 18.4 Å². The molecule has 2 aromatic carbocycles. The maximum absolute atomic E-state index is 13.8. The van der Waals surface area contributed by atoms with E-state index in [1.165, 1.54) is 7.11 Å². The smallest absolute Gasteiger partial charge is 0.313 e. The summed E-state index contributed by atoms with van der Waals surface area (Å²) in [6.45, 7) is 0.0566. The van der Waals surface area contributed by atoms with Crippen LogP contribution < -0.4 is 9.47 Å². The number of Topliss-reactive ketones (excluding diaryl/α,β-unsaturated/α-hetero) is 1. The van der Waals surface area contributed by atoms with E-state index >= 15 is 0 Å². The minimum atomic E-state index is -1.02. The van der Waals surface area contributed by atoms with Crippen molar-refractivity contribution in [3.63, 3.8) is 0 Å². The molecule has 1 unspecified atom stereocenters. The van der Waals surface area contributed by atoms with Gasteiger partial charge in [0.2, 0.25) is 6.79 Å². The van der Waals surface area contributed by atoms with Gasteiger partial charge in [-0.15, -0.1) is 0 Å². The molecule has 0 aromatic heterocycles. The van der Waals surface area contributed by atoms with Crippen LogP contribution in [0, 0.1) is 11.6 Å². The third kappa shape index (κ3) is 3.31. The summed E-state index contributed by atoms with van der Waals surface area (Å²) in [7, 11) is 1.18. The first-order valence-electron chi connectivity index (χ1n) is 7.46. The highest BCUT2D eigenvalue weighted by atomic mass is 19.1. The molecule has 1 aliphatic heterocycles. The van der Waals surface area contributed by atoms with Crippen LogP contribution in [0.15, 0.2) is 36.4 Å². The van der Waals surface area contributed by atoms with E-state index < -0.39 is 41.3 Å². The van der Waals surface area contributed by atoms with Crippen molar-refractivity contribution in [2.45, 2.75) is 12.3 Å².